The van der Waals surface area contributed by atoms with Gasteiger partial charge in [0.25, 0.3) is 5.91 Å². The number of thiazole rings is 1. The van der Waals surface area contributed by atoms with Gasteiger partial charge >= 0.3 is 0 Å². The molecule has 2 aromatic carbocycles. The molecule has 0 fully saturated rings. The summed E-state index contributed by atoms with van der Waals surface area (Å²) in [4.78, 5) is 32.3. The van der Waals surface area contributed by atoms with Crippen molar-refractivity contribution in [3.8, 4) is 5.75 Å². The number of aliphatic hydroxyl groups excluding tert-OH is 1. The maximum atomic E-state index is 13.3. The van der Waals surface area contributed by atoms with Crippen molar-refractivity contribution in [2.45, 2.75) is 13.0 Å². The van der Waals surface area contributed by atoms with Crippen LogP contribution in [0.3, 0.4) is 0 Å². The summed E-state index contributed by atoms with van der Waals surface area (Å²) in [6.07, 6.45) is 0. The highest BCUT2D eigenvalue weighted by molar-refractivity contribution is 7.22. The number of ketones is 1. The van der Waals surface area contributed by atoms with Crippen molar-refractivity contribution in [1.29, 1.82) is 0 Å². The Bertz CT molecular complexity index is 1420. The number of halogens is 1. The number of phenols is 1. The average molecular weight is 467 g/mol. The quantitative estimate of drug-likeness (QED) is 0.393. The summed E-state index contributed by atoms with van der Waals surface area (Å²) in [6, 6.07) is 13.4. The third-order valence-corrected chi connectivity index (χ3v) is 6.42. The van der Waals surface area contributed by atoms with E-state index in [4.69, 9.17) is 16.0 Å². The molecule has 1 unspecified atom stereocenters. The van der Waals surface area contributed by atoms with E-state index in [9.17, 15) is 19.8 Å². The van der Waals surface area contributed by atoms with Gasteiger partial charge in [0.2, 0.25) is 5.78 Å². The Morgan fingerprint density at radius 2 is 1.88 bits per heavy atom. The van der Waals surface area contributed by atoms with Crippen molar-refractivity contribution in [3.63, 3.8) is 0 Å². The number of nitrogens with zero attached hydrogens (tertiary/aromatic N) is 2. The van der Waals surface area contributed by atoms with Crippen molar-refractivity contribution in [2.75, 3.05) is 4.90 Å². The van der Waals surface area contributed by atoms with Gasteiger partial charge < -0.3 is 14.6 Å². The predicted octanol–water partition coefficient (Wildman–Crippen LogP) is 5.34. The van der Waals surface area contributed by atoms with E-state index in [2.05, 4.69) is 4.98 Å². The van der Waals surface area contributed by atoms with Gasteiger partial charge in [0.15, 0.2) is 16.7 Å². The highest BCUT2D eigenvalue weighted by atomic mass is 35.5. The van der Waals surface area contributed by atoms with Crippen LogP contribution in [0.5, 0.6) is 5.75 Å². The molecule has 1 aliphatic heterocycles. The number of aryl methyl sites for hydroxylation is 1. The lowest BCUT2D eigenvalue weighted by Gasteiger charge is -2.24. The zero-order valence-electron chi connectivity index (χ0n) is 16.6. The smallest absolute Gasteiger partial charge is 0.296 e. The molecule has 0 radical (unpaired) electrons. The SMILES string of the molecule is Cc1ccc(C(=O)C2=C(O)C(=O)N(c3nc4ccc(Cl)cc4s3)C2c2ccc(O)cc2)o1. The summed E-state index contributed by atoms with van der Waals surface area (Å²) in [5, 5.41) is 21.3. The number of furan rings is 1. The normalized spacial score (nSPS) is 16.4. The molecule has 2 N–H and O–H groups in total. The lowest BCUT2D eigenvalue weighted by Crippen LogP contribution is -2.30. The van der Waals surface area contributed by atoms with Crippen molar-refractivity contribution >= 4 is 50.0 Å². The maximum Gasteiger partial charge on any atom is 0.296 e. The van der Waals surface area contributed by atoms with Crippen molar-refractivity contribution < 1.29 is 24.2 Å². The van der Waals surface area contributed by atoms with Gasteiger partial charge in [-0.15, -0.1) is 0 Å². The van der Waals surface area contributed by atoms with Crippen molar-refractivity contribution in [3.05, 3.63) is 88.0 Å². The number of carbonyl (C=O) groups is 2. The molecular weight excluding hydrogens is 452 g/mol. The Morgan fingerprint density at radius 1 is 1.12 bits per heavy atom. The zero-order chi connectivity index (χ0) is 22.6. The Hall–Kier alpha value is -3.62. The molecule has 0 spiro atoms. The Balaban J connectivity index is 1.68. The number of aromatic nitrogens is 1. The van der Waals surface area contributed by atoms with E-state index in [1.165, 1.54) is 34.4 Å². The Kier molecular flexibility index (Phi) is 4.76. The summed E-state index contributed by atoms with van der Waals surface area (Å²) in [6.45, 7) is 1.70. The number of anilines is 1. The van der Waals surface area contributed by atoms with Crippen LogP contribution in [-0.2, 0) is 4.79 Å². The van der Waals surface area contributed by atoms with E-state index in [0.717, 1.165) is 4.70 Å². The van der Waals surface area contributed by atoms with Crippen LogP contribution in [0.1, 0.15) is 27.9 Å². The maximum absolute atomic E-state index is 13.3. The number of hydrogen-bond acceptors (Lipinski definition) is 7. The van der Waals surface area contributed by atoms with Crippen LogP contribution in [-0.4, -0.2) is 26.9 Å². The van der Waals surface area contributed by atoms with Gasteiger partial charge in [-0.25, -0.2) is 4.98 Å². The fourth-order valence-electron chi connectivity index (χ4n) is 3.69. The molecule has 4 aromatic rings. The number of carbonyl (C=O) groups excluding carboxylic acids is 2. The van der Waals surface area contributed by atoms with E-state index in [0.29, 0.717) is 27.0 Å². The highest BCUT2D eigenvalue weighted by Crippen LogP contribution is 2.44. The Labute approximate surface area is 190 Å². The number of fused-ring (bicyclic) bond motifs is 1. The number of aromatic hydroxyl groups is 1. The number of phenolic OH excluding ortho intramolecular Hbond substituents is 1. The van der Waals surface area contributed by atoms with Gasteiger partial charge in [0, 0.05) is 5.02 Å². The number of aliphatic hydroxyl groups is 1. The summed E-state index contributed by atoms with van der Waals surface area (Å²) >= 11 is 7.30. The van der Waals surface area contributed by atoms with E-state index in [1.807, 2.05) is 0 Å². The van der Waals surface area contributed by atoms with Crippen LogP contribution < -0.4 is 4.90 Å². The third kappa shape index (κ3) is 3.24. The van der Waals surface area contributed by atoms with Gasteiger partial charge in [0.1, 0.15) is 11.5 Å². The first-order valence-electron chi connectivity index (χ1n) is 9.56. The number of amides is 1. The molecule has 0 saturated heterocycles. The van der Waals surface area contributed by atoms with Crippen LogP contribution in [0.15, 0.2) is 70.3 Å². The molecule has 1 atom stereocenters. The molecule has 5 rings (SSSR count). The molecule has 160 valence electrons. The third-order valence-electron chi connectivity index (χ3n) is 5.17. The number of Topliss-reactive ketones (excluding diaryl/α,β-unsaturated/α-hetero) is 1. The molecule has 0 aliphatic carbocycles. The fraction of sp³-hybridized carbons (Fsp3) is 0.0870. The number of hydrogen-bond donors (Lipinski definition) is 2. The van der Waals surface area contributed by atoms with Crippen LogP contribution in [0.2, 0.25) is 5.02 Å². The van der Waals surface area contributed by atoms with Crippen LogP contribution >= 0.6 is 22.9 Å². The fourth-order valence-corrected chi connectivity index (χ4v) is 4.95. The van der Waals surface area contributed by atoms with E-state index < -0.39 is 23.5 Å². The predicted molar refractivity (Wildman–Crippen MR) is 120 cm³/mol. The summed E-state index contributed by atoms with van der Waals surface area (Å²) in [7, 11) is 0. The largest absolute Gasteiger partial charge is 0.508 e. The zero-order valence-corrected chi connectivity index (χ0v) is 18.1. The first-order valence-corrected chi connectivity index (χ1v) is 10.8. The summed E-state index contributed by atoms with van der Waals surface area (Å²) < 4.78 is 6.21. The minimum Gasteiger partial charge on any atom is -0.508 e. The standard InChI is InChI=1S/C23H15ClN2O5S/c1-11-2-9-16(31-11)20(28)18-19(12-3-6-14(27)7-4-12)26(22(30)21(18)29)23-25-15-8-5-13(24)10-17(15)32-23/h2-10,19,27,29H,1H3. The van der Waals surface area contributed by atoms with Crippen LogP contribution in [0.25, 0.3) is 10.2 Å². The van der Waals surface area contributed by atoms with Gasteiger partial charge in [-0.1, -0.05) is 35.1 Å². The summed E-state index contributed by atoms with van der Waals surface area (Å²) in [5.74, 6) is -1.45. The topological polar surface area (TPSA) is 104 Å². The molecule has 1 aliphatic rings. The molecule has 3 heterocycles. The molecule has 2 aromatic heterocycles. The average Bonchev–Trinajstić information content (AvgIpc) is 3.44. The van der Waals surface area contributed by atoms with Crippen LogP contribution in [0, 0.1) is 6.92 Å². The molecule has 1 amide bonds. The van der Waals surface area contributed by atoms with Gasteiger partial charge in [0.05, 0.1) is 21.8 Å². The lowest BCUT2D eigenvalue weighted by atomic mass is 9.95. The molecule has 9 heteroatoms. The number of benzene rings is 2. The Morgan fingerprint density at radius 3 is 2.56 bits per heavy atom. The summed E-state index contributed by atoms with van der Waals surface area (Å²) in [5.41, 5.74) is 1.03. The molecule has 7 nitrogen and oxygen atoms in total. The molecule has 32 heavy (non-hydrogen) atoms. The molecule has 0 bridgehead atoms. The monoisotopic (exact) mass is 466 g/mol. The molecule has 0 saturated carbocycles. The minimum absolute atomic E-state index is 0.0126. The van der Waals surface area contributed by atoms with Crippen LogP contribution in [0.4, 0.5) is 5.13 Å². The van der Waals surface area contributed by atoms with E-state index in [-0.39, 0.29) is 17.1 Å². The van der Waals surface area contributed by atoms with E-state index >= 15 is 0 Å². The number of rotatable bonds is 4. The van der Waals surface area contributed by atoms with Gasteiger partial charge in [-0.3, -0.25) is 14.5 Å². The lowest BCUT2D eigenvalue weighted by molar-refractivity contribution is -0.117. The van der Waals surface area contributed by atoms with Crippen molar-refractivity contribution in [1.82, 2.24) is 4.98 Å². The van der Waals surface area contributed by atoms with Crippen molar-refractivity contribution in [2.24, 2.45) is 0 Å². The first-order chi connectivity index (χ1) is 15.3. The second-order valence-corrected chi connectivity index (χ2v) is 8.72. The van der Waals surface area contributed by atoms with Gasteiger partial charge in [-0.05, 0) is 55.0 Å². The second kappa shape index (κ2) is 7.51. The second-order valence-electron chi connectivity index (χ2n) is 7.28. The van der Waals surface area contributed by atoms with E-state index in [1.54, 1.807) is 43.3 Å². The minimum atomic E-state index is -0.961. The van der Waals surface area contributed by atoms with Gasteiger partial charge in [-0.2, -0.15) is 0 Å². The first kappa shape index (κ1) is 20.3. The highest BCUT2D eigenvalue weighted by Gasteiger charge is 2.46. The molecular formula is C23H15ClN2O5S.